The summed E-state index contributed by atoms with van der Waals surface area (Å²) in [6.07, 6.45) is 4.63. The Labute approximate surface area is 143 Å². The first-order valence-corrected chi connectivity index (χ1v) is 8.58. The number of aromatic carboxylic acids is 1. The monoisotopic (exact) mass is 345 g/mol. The Hall–Kier alpha value is -2.41. The van der Waals surface area contributed by atoms with Gasteiger partial charge in [-0.1, -0.05) is 0 Å². The minimum absolute atomic E-state index is 0.141. The lowest BCUT2D eigenvalue weighted by molar-refractivity contribution is 0.0694. The van der Waals surface area contributed by atoms with Crippen LogP contribution >= 0.6 is 0 Å². The molecule has 25 heavy (non-hydrogen) atoms. The Balaban J connectivity index is 1.90. The van der Waals surface area contributed by atoms with E-state index >= 15 is 0 Å². The van der Waals surface area contributed by atoms with Gasteiger partial charge in [-0.2, -0.15) is 0 Å². The highest BCUT2D eigenvalue weighted by atomic mass is 19.1. The highest BCUT2D eigenvalue weighted by Gasteiger charge is 2.29. The van der Waals surface area contributed by atoms with E-state index in [0.717, 1.165) is 41.8 Å². The zero-order valence-electron chi connectivity index (χ0n) is 13.7. The normalized spacial score (nSPS) is 18.7. The molecule has 3 N–H and O–H groups in total. The Morgan fingerprint density at radius 3 is 2.48 bits per heavy atom. The van der Waals surface area contributed by atoms with Crippen molar-refractivity contribution in [2.75, 3.05) is 18.0 Å². The van der Waals surface area contributed by atoms with Crippen LogP contribution in [0.3, 0.4) is 0 Å². The first-order chi connectivity index (χ1) is 12.0. The van der Waals surface area contributed by atoms with E-state index in [1.165, 1.54) is 6.07 Å². The number of carboxylic acids is 1. The van der Waals surface area contributed by atoms with Crippen LogP contribution in [-0.2, 0) is 0 Å². The fraction of sp³-hybridized carbons (Fsp3) is 0.444. The molecule has 1 saturated carbocycles. The van der Waals surface area contributed by atoms with Gasteiger partial charge in [-0.15, -0.1) is 0 Å². The van der Waals surface area contributed by atoms with Gasteiger partial charge in [0.25, 0.3) is 5.56 Å². The number of halogens is 1. The minimum atomic E-state index is -1.28. The number of hydrogen-bond acceptors (Lipinski definition) is 4. The number of aromatic nitrogens is 1. The third-order valence-corrected chi connectivity index (χ3v) is 5.19. The molecule has 1 aliphatic heterocycles. The molecule has 0 amide bonds. The van der Waals surface area contributed by atoms with Crippen molar-refractivity contribution in [2.45, 2.75) is 37.6 Å². The van der Waals surface area contributed by atoms with Crippen molar-refractivity contribution in [3.05, 3.63) is 45.6 Å². The van der Waals surface area contributed by atoms with Crippen molar-refractivity contribution in [3.8, 4) is 0 Å². The van der Waals surface area contributed by atoms with Gasteiger partial charge in [0.15, 0.2) is 5.82 Å². The van der Waals surface area contributed by atoms with E-state index in [1.54, 1.807) is 6.07 Å². The zero-order chi connectivity index (χ0) is 17.7. The van der Waals surface area contributed by atoms with Gasteiger partial charge in [-0.3, -0.25) is 9.20 Å². The van der Waals surface area contributed by atoms with Gasteiger partial charge < -0.3 is 15.7 Å². The minimum Gasteiger partial charge on any atom is -0.477 e. The second kappa shape index (κ2) is 5.84. The largest absolute Gasteiger partial charge is 0.477 e. The molecule has 0 atom stereocenters. The van der Waals surface area contributed by atoms with Crippen molar-refractivity contribution in [1.29, 1.82) is 0 Å². The third kappa shape index (κ3) is 2.78. The average molecular weight is 345 g/mol. The predicted octanol–water partition coefficient (Wildman–Crippen LogP) is 1.94. The summed E-state index contributed by atoms with van der Waals surface area (Å²) in [5.74, 6) is -1.56. The summed E-state index contributed by atoms with van der Waals surface area (Å²) in [7, 11) is 0. The quantitative estimate of drug-likeness (QED) is 0.888. The van der Waals surface area contributed by atoms with E-state index in [1.807, 2.05) is 4.90 Å². The Morgan fingerprint density at radius 1 is 1.20 bits per heavy atom. The number of pyridine rings is 2. The van der Waals surface area contributed by atoms with Crippen LogP contribution in [0.2, 0.25) is 0 Å². The van der Waals surface area contributed by atoms with E-state index in [4.69, 9.17) is 5.73 Å². The molecule has 0 radical (unpaired) electrons. The second-order valence-electron chi connectivity index (χ2n) is 6.98. The maximum absolute atomic E-state index is 14.7. The van der Waals surface area contributed by atoms with Crippen LogP contribution in [0.5, 0.6) is 0 Å². The highest BCUT2D eigenvalue weighted by molar-refractivity contribution is 5.88. The van der Waals surface area contributed by atoms with Crippen LogP contribution in [0.1, 0.15) is 47.5 Å². The van der Waals surface area contributed by atoms with E-state index in [2.05, 4.69) is 0 Å². The van der Waals surface area contributed by atoms with Gasteiger partial charge in [0.1, 0.15) is 5.56 Å². The van der Waals surface area contributed by atoms with Gasteiger partial charge in [0, 0.05) is 19.1 Å². The molecule has 0 aromatic carbocycles. The highest BCUT2D eigenvalue weighted by Crippen LogP contribution is 2.42. The van der Waals surface area contributed by atoms with E-state index < -0.39 is 17.3 Å². The Kier molecular flexibility index (Phi) is 3.76. The van der Waals surface area contributed by atoms with Crippen LogP contribution in [0.4, 0.5) is 10.1 Å². The number of piperidine rings is 1. The molecule has 2 fully saturated rings. The number of nitrogens with two attached hydrogens (primary N) is 1. The SMILES string of the molecule is NC1CCN(c2cc3c(C4CC4)cc(C(=O)O)c(=O)n3cc2F)CC1. The van der Waals surface area contributed by atoms with Gasteiger partial charge in [0.2, 0.25) is 0 Å². The number of anilines is 1. The summed E-state index contributed by atoms with van der Waals surface area (Å²) >= 11 is 0. The van der Waals surface area contributed by atoms with Crippen molar-refractivity contribution < 1.29 is 14.3 Å². The van der Waals surface area contributed by atoms with Crippen LogP contribution in [0, 0.1) is 5.82 Å². The standard InChI is InChI=1S/C18H20FN3O3/c19-14-9-22-15(8-16(14)21-5-3-11(20)4-6-21)12(10-1-2-10)7-13(17(22)23)18(24)25/h7-11H,1-6,20H2,(H,24,25). The summed E-state index contributed by atoms with van der Waals surface area (Å²) in [6, 6.07) is 3.29. The number of nitrogens with zero attached hydrogens (tertiary/aromatic N) is 2. The molecule has 1 saturated heterocycles. The molecule has 6 nitrogen and oxygen atoms in total. The van der Waals surface area contributed by atoms with Gasteiger partial charge >= 0.3 is 5.97 Å². The molecule has 132 valence electrons. The smallest absolute Gasteiger partial charge is 0.341 e. The van der Waals surface area contributed by atoms with Crippen molar-refractivity contribution in [2.24, 2.45) is 5.73 Å². The van der Waals surface area contributed by atoms with Crippen molar-refractivity contribution in [1.82, 2.24) is 4.40 Å². The molecular weight excluding hydrogens is 325 g/mol. The Bertz CT molecular complexity index is 912. The van der Waals surface area contributed by atoms with Gasteiger partial charge in [-0.25, -0.2) is 9.18 Å². The molecule has 0 unspecified atom stereocenters. The first-order valence-electron chi connectivity index (χ1n) is 8.58. The zero-order valence-corrected chi connectivity index (χ0v) is 13.7. The number of rotatable bonds is 3. The van der Waals surface area contributed by atoms with Gasteiger partial charge in [-0.05, 0) is 49.3 Å². The molecule has 3 heterocycles. The van der Waals surface area contributed by atoms with Crippen molar-refractivity contribution >= 4 is 17.2 Å². The van der Waals surface area contributed by atoms with E-state index in [9.17, 15) is 19.1 Å². The lowest BCUT2D eigenvalue weighted by atomic mass is 10.0. The molecule has 2 aromatic rings. The summed E-state index contributed by atoms with van der Waals surface area (Å²) < 4.78 is 15.8. The van der Waals surface area contributed by atoms with E-state index in [0.29, 0.717) is 24.3 Å². The number of fused-ring (bicyclic) bond motifs is 1. The van der Waals surface area contributed by atoms with Crippen LogP contribution in [0.15, 0.2) is 23.1 Å². The first kappa shape index (κ1) is 16.1. The van der Waals surface area contributed by atoms with Crippen LogP contribution in [0.25, 0.3) is 5.52 Å². The molecule has 1 aliphatic carbocycles. The van der Waals surface area contributed by atoms with Gasteiger partial charge in [0.05, 0.1) is 17.4 Å². The maximum atomic E-state index is 14.7. The van der Waals surface area contributed by atoms with Crippen LogP contribution < -0.4 is 16.2 Å². The maximum Gasteiger partial charge on any atom is 0.341 e. The molecule has 2 aliphatic rings. The van der Waals surface area contributed by atoms with Crippen LogP contribution in [-0.4, -0.2) is 34.6 Å². The average Bonchev–Trinajstić information content (AvgIpc) is 3.41. The summed E-state index contributed by atoms with van der Waals surface area (Å²) in [5.41, 5.74) is 6.78. The molecular formula is C18H20FN3O3. The molecule has 0 spiro atoms. The Morgan fingerprint density at radius 2 is 1.88 bits per heavy atom. The number of hydrogen-bond donors (Lipinski definition) is 2. The molecule has 7 heteroatoms. The summed E-state index contributed by atoms with van der Waals surface area (Å²) in [4.78, 5) is 25.7. The predicted molar refractivity (Wildman–Crippen MR) is 92.0 cm³/mol. The lowest BCUT2D eigenvalue weighted by Crippen LogP contribution is -2.40. The second-order valence-corrected chi connectivity index (χ2v) is 6.98. The topological polar surface area (TPSA) is 88.0 Å². The summed E-state index contributed by atoms with van der Waals surface area (Å²) in [5, 5.41) is 9.28. The fourth-order valence-electron chi connectivity index (χ4n) is 3.59. The number of carbonyl (C=O) groups is 1. The fourth-order valence-corrected chi connectivity index (χ4v) is 3.59. The molecule has 4 rings (SSSR count). The molecule has 2 aromatic heterocycles. The molecule has 0 bridgehead atoms. The lowest BCUT2D eigenvalue weighted by Gasteiger charge is -2.32. The van der Waals surface area contributed by atoms with E-state index in [-0.39, 0.29) is 17.5 Å². The summed E-state index contributed by atoms with van der Waals surface area (Å²) in [6.45, 7) is 1.34. The van der Waals surface area contributed by atoms with Crippen molar-refractivity contribution in [3.63, 3.8) is 0 Å². The number of carboxylic acid groups (broad SMARTS) is 1. The third-order valence-electron chi connectivity index (χ3n) is 5.19.